The summed E-state index contributed by atoms with van der Waals surface area (Å²) < 4.78 is 7.52. The molecule has 2 fully saturated rings. The van der Waals surface area contributed by atoms with Crippen molar-refractivity contribution in [3.8, 4) is 0 Å². The predicted octanol–water partition coefficient (Wildman–Crippen LogP) is 3.10. The van der Waals surface area contributed by atoms with Crippen LogP contribution in [0.15, 0.2) is 36.7 Å². The van der Waals surface area contributed by atoms with Crippen LogP contribution in [0.1, 0.15) is 25.7 Å². The fraction of sp³-hybridized carbons (Fsp3) is 0.450. The average molecular weight is 403 g/mol. The van der Waals surface area contributed by atoms with E-state index in [2.05, 4.69) is 10.4 Å². The lowest BCUT2D eigenvalue weighted by Crippen LogP contribution is -2.28. The molecular formula is C20H23ClN4O3. The van der Waals surface area contributed by atoms with Gasteiger partial charge in [0, 0.05) is 36.5 Å². The highest BCUT2D eigenvalue weighted by Crippen LogP contribution is 2.27. The Labute approximate surface area is 168 Å². The summed E-state index contributed by atoms with van der Waals surface area (Å²) in [4.78, 5) is 26.6. The van der Waals surface area contributed by atoms with Crippen LogP contribution >= 0.6 is 11.6 Å². The first-order valence-electron chi connectivity index (χ1n) is 9.59. The van der Waals surface area contributed by atoms with Crippen molar-refractivity contribution >= 4 is 34.8 Å². The molecule has 0 bridgehead atoms. The van der Waals surface area contributed by atoms with E-state index in [-0.39, 0.29) is 24.3 Å². The van der Waals surface area contributed by atoms with Gasteiger partial charge in [-0.15, -0.1) is 0 Å². The summed E-state index contributed by atoms with van der Waals surface area (Å²) in [6.45, 7) is 1.84. The topological polar surface area (TPSA) is 76.5 Å². The molecule has 1 N–H and O–H groups in total. The van der Waals surface area contributed by atoms with E-state index in [9.17, 15) is 9.59 Å². The Hall–Kier alpha value is -2.38. The quantitative estimate of drug-likeness (QED) is 0.833. The van der Waals surface area contributed by atoms with E-state index in [4.69, 9.17) is 16.3 Å². The molecule has 148 valence electrons. The second-order valence-corrected chi connectivity index (χ2v) is 7.75. The molecule has 0 saturated carbocycles. The monoisotopic (exact) mass is 402 g/mol. The van der Waals surface area contributed by atoms with Gasteiger partial charge in [-0.05, 0) is 43.5 Å². The van der Waals surface area contributed by atoms with E-state index >= 15 is 0 Å². The number of carbonyl (C=O) groups excluding carboxylic acids is 2. The molecule has 2 aromatic rings. The molecule has 28 heavy (non-hydrogen) atoms. The number of amides is 2. The van der Waals surface area contributed by atoms with E-state index in [1.165, 1.54) is 6.42 Å². The Morgan fingerprint density at radius 1 is 1.29 bits per heavy atom. The molecule has 2 aliphatic rings. The molecule has 4 rings (SSSR count). The minimum absolute atomic E-state index is 0.0624. The minimum Gasteiger partial charge on any atom is -0.376 e. The van der Waals surface area contributed by atoms with Crippen molar-refractivity contribution in [2.24, 2.45) is 5.92 Å². The van der Waals surface area contributed by atoms with Crippen molar-refractivity contribution < 1.29 is 14.3 Å². The zero-order valence-corrected chi connectivity index (χ0v) is 16.3. The number of anilines is 2. The van der Waals surface area contributed by atoms with Gasteiger partial charge in [-0.25, -0.2) is 0 Å². The van der Waals surface area contributed by atoms with Crippen molar-refractivity contribution in [2.45, 2.75) is 38.3 Å². The second kappa shape index (κ2) is 8.32. The lowest BCUT2D eigenvalue weighted by atomic mass is 10.1. The number of benzene rings is 1. The molecule has 2 atom stereocenters. The Morgan fingerprint density at radius 2 is 2.11 bits per heavy atom. The zero-order chi connectivity index (χ0) is 19.5. The standard InChI is InChI=1S/C20H23ClN4O3/c21-15-4-6-17(7-5-15)25-11-14(9-19(25)26)20(27)23-16-10-22-24(12-16)13-18-3-1-2-8-28-18/h4-7,10,12,14,18H,1-3,8-9,11,13H2,(H,23,27). The molecule has 0 radical (unpaired) electrons. The summed E-state index contributed by atoms with van der Waals surface area (Å²) in [6, 6.07) is 7.06. The number of nitrogens with one attached hydrogen (secondary N) is 1. The zero-order valence-electron chi connectivity index (χ0n) is 15.5. The van der Waals surface area contributed by atoms with Gasteiger partial charge < -0.3 is 15.0 Å². The van der Waals surface area contributed by atoms with Crippen LogP contribution in [0.3, 0.4) is 0 Å². The Kier molecular flexibility index (Phi) is 5.64. The number of carbonyl (C=O) groups is 2. The Balaban J connectivity index is 1.34. The predicted molar refractivity (Wildman–Crippen MR) is 106 cm³/mol. The summed E-state index contributed by atoms with van der Waals surface area (Å²) in [5.74, 6) is -0.626. The largest absolute Gasteiger partial charge is 0.376 e. The van der Waals surface area contributed by atoms with Crippen molar-refractivity contribution in [3.05, 3.63) is 41.7 Å². The van der Waals surface area contributed by atoms with Crippen LogP contribution in [0.4, 0.5) is 11.4 Å². The molecule has 8 heteroatoms. The Bertz CT molecular complexity index is 845. The van der Waals surface area contributed by atoms with Crippen molar-refractivity contribution in [2.75, 3.05) is 23.4 Å². The maximum absolute atomic E-state index is 12.6. The van der Waals surface area contributed by atoms with E-state index in [0.717, 1.165) is 25.1 Å². The summed E-state index contributed by atoms with van der Waals surface area (Å²) in [6.07, 6.45) is 7.14. The Morgan fingerprint density at radius 3 is 2.86 bits per heavy atom. The third-order valence-electron chi connectivity index (χ3n) is 5.20. The molecule has 2 unspecified atom stereocenters. The lowest BCUT2D eigenvalue weighted by molar-refractivity contribution is -0.122. The number of ether oxygens (including phenoxy) is 1. The van der Waals surface area contributed by atoms with Crippen molar-refractivity contribution in [3.63, 3.8) is 0 Å². The number of hydrogen-bond donors (Lipinski definition) is 1. The first kappa shape index (κ1) is 19.0. The molecule has 2 saturated heterocycles. The van der Waals surface area contributed by atoms with Gasteiger partial charge in [0.15, 0.2) is 0 Å². The van der Waals surface area contributed by atoms with Gasteiger partial charge in [-0.2, -0.15) is 5.10 Å². The maximum Gasteiger partial charge on any atom is 0.229 e. The smallest absolute Gasteiger partial charge is 0.229 e. The van der Waals surface area contributed by atoms with Gasteiger partial charge in [0.25, 0.3) is 0 Å². The van der Waals surface area contributed by atoms with Crippen LogP contribution in [0.25, 0.3) is 0 Å². The molecule has 2 aliphatic heterocycles. The highest BCUT2D eigenvalue weighted by atomic mass is 35.5. The van der Waals surface area contributed by atoms with Gasteiger partial charge in [0.1, 0.15) is 0 Å². The fourth-order valence-corrected chi connectivity index (χ4v) is 3.81. The molecular weight excluding hydrogens is 380 g/mol. The molecule has 1 aromatic carbocycles. The van der Waals surface area contributed by atoms with E-state index in [1.54, 1.807) is 40.0 Å². The van der Waals surface area contributed by atoms with Gasteiger partial charge in [0.2, 0.25) is 11.8 Å². The second-order valence-electron chi connectivity index (χ2n) is 7.31. The van der Waals surface area contributed by atoms with Crippen LogP contribution in [-0.4, -0.2) is 40.9 Å². The highest BCUT2D eigenvalue weighted by molar-refractivity contribution is 6.30. The van der Waals surface area contributed by atoms with Crippen LogP contribution in [0.2, 0.25) is 5.02 Å². The lowest BCUT2D eigenvalue weighted by Gasteiger charge is -2.22. The van der Waals surface area contributed by atoms with E-state index in [0.29, 0.717) is 23.8 Å². The molecule has 2 amide bonds. The highest BCUT2D eigenvalue weighted by Gasteiger charge is 2.35. The molecule has 1 aromatic heterocycles. The average Bonchev–Trinajstić information content (AvgIpc) is 3.30. The van der Waals surface area contributed by atoms with E-state index < -0.39 is 5.92 Å². The van der Waals surface area contributed by atoms with Gasteiger partial charge in [0.05, 0.1) is 30.5 Å². The van der Waals surface area contributed by atoms with Gasteiger partial charge in [-0.3, -0.25) is 14.3 Å². The molecule has 0 spiro atoms. The normalized spacial score (nSPS) is 22.5. The van der Waals surface area contributed by atoms with Crippen LogP contribution < -0.4 is 10.2 Å². The molecule has 0 aliphatic carbocycles. The van der Waals surface area contributed by atoms with Gasteiger partial charge >= 0.3 is 0 Å². The molecule has 7 nitrogen and oxygen atoms in total. The number of aromatic nitrogens is 2. The van der Waals surface area contributed by atoms with Crippen LogP contribution in [0, 0.1) is 5.92 Å². The minimum atomic E-state index is -0.395. The summed E-state index contributed by atoms with van der Waals surface area (Å²) in [7, 11) is 0. The fourth-order valence-electron chi connectivity index (χ4n) is 3.69. The third-order valence-corrected chi connectivity index (χ3v) is 5.45. The number of hydrogen-bond acceptors (Lipinski definition) is 4. The first-order chi connectivity index (χ1) is 13.6. The third kappa shape index (κ3) is 4.36. The van der Waals surface area contributed by atoms with Crippen molar-refractivity contribution in [1.82, 2.24) is 9.78 Å². The van der Waals surface area contributed by atoms with E-state index in [1.807, 2.05) is 6.20 Å². The SMILES string of the molecule is O=C(Nc1cnn(CC2CCCCO2)c1)C1CC(=O)N(c2ccc(Cl)cc2)C1. The summed E-state index contributed by atoms with van der Waals surface area (Å²) in [5, 5.41) is 7.80. The summed E-state index contributed by atoms with van der Waals surface area (Å²) in [5.41, 5.74) is 1.39. The molecule has 3 heterocycles. The first-order valence-corrected chi connectivity index (χ1v) is 9.97. The summed E-state index contributed by atoms with van der Waals surface area (Å²) >= 11 is 5.90. The van der Waals surface area contributed by atoms with Crippen LogP contribution in [0.5, 0.6) is 0 Å². The number of halogens is 1. The van der Waals surface area contributed by atoms with Crippen molar-refractivity contribution in [1.29, 1.82) is 0 Å². The number of nitrogens with zero attached hydrogens (tertiary/aromatic N) is 3. The maximum atomic E-state index is 12.6. The van der Waals surface area contributed by atoms with Gasteiger partial charge in [-0.1, -0.05) is 11.6 Å². The van der Waals surface area contributed by atoms with Crippen LogP contribution in [-0.2, 0) is 20.9 Å². The number of rotatable bonds is 5.